The minimum Gasteiger partial charge on any atom is -0.321 e. The zero-order chi connectivity index (χ0) is 14.4. The van der Waals surface area contributed by atoms with Crippen molar-refractivity contribution in [3.05, 3.63) is 42.0 Å². The molecule has 1 aromatic carbocycles. The van der Waals surface area contributed by atoms with Gasteiger partial charge in [0.1, 0.15) is 0 Å². The maximum atomic E-state index is 12.0. The lowest BCUT2D eigenvalue weighted by Gasteiger charge is -2.21. The molecule has 4 nitrogen and oxygen atoms in total. The number of Topliss-reactive ketones (excluding diaryl/α,β-unsaturated/α-hetero) is 1. The van der Waals surface area contributed by atoms with Gasteiger partial charge in [-0.25, -0.2) is 4.79 Å². The normalized spacial score (nSPS) is 9.84. The predicted octanol–water partition coefficient (Wildman–Crippen LogP) is 3.32. The van der Waals surface area contributed by atoms with Crippen LogP contribution >= 0.6 is 0 Å². The van der Waals surface area contributed by atoms with Crippen molar-refractivity contribution in [3.8, 4) is 0 Å². The van der Waals surface area contributed by atoms with E-state index in [0.717, 1.165) is 5.57 Å². The summed E-state index contributed by atoms with van der Waals surface area (Å²) in [4.78, 5) is 25.0. The van der Waals surface area contributed by atoms with E-state index in [2.05, 4.69) is 11.9 Å². The number of carbonyl (C=O) groups excluding carboxylic acids is 2. The highest BCUT2D eigenvalue weighted by molar-refractivity contribution is 5.96. The lowest BCUT2D eigenvalue weighted by Crippen LogP contribution is -2.35. The van der Waals surface area contributed by atoms with Crippen molar-refractivity contribution in [3.63, 3.8) is 0 Å². The van der Waals surface area contributed by atoms with Gasteiger partial charge in [-0.2, -0.15) is 0 Å². The number of urea groups is 1. The summed E-state index contributed by atoms with van der Waals surface area (Å²) in [5, 5.41) is 2.79. The van der Waals surface area contributed by atoms with Crippen LogP contribution in [0.15, 0.2) is 36.4 Å². The third kappa shape index (κ3) is 4.58. The molecule has 2 amide bonds. The Bertz CT molecular complexity index is 495. The molecule has 1 aromatic rings. The highest BCUT2D eigenvalue weighted by Crippen LogP contribution is 2.12. The van der Waals surface area contributed by atoms with Gasteiger partial charge >= 0.3 is 6.03 Å². The lowest BCUT2D eigenvalue weighted by molar-refractivity contribution is 0.101. The average molecular weight is 260 g/mol. The first kappa shape index (κ1) is 15.0. The van der Waals surface area contributed by atoms with Gasteiger partial charge in [-0.3, -0.25) is 4.79 Å². The summed E-state index contributed by atoms with van der Waals surface area (Å²) < 4.78 is 0. The molecule has 0 heterocycles. The number of nitrogens with one attached hydrogen (secondary N) is 1. The van der Waals surface area contributed by atoms with Crippen LogP contribution in [0.3, 0.4) is 0 Å². The summed E-state index contributed by atoms with van der Waals surface area (Å²) in [7, 11) is 0. The molecule has 0 aliphatic heterocycles. The number of carbonyl (C=O) groups is 2. The van der Waals surface area contributed by atoms with E-state index in [-0.39, 0.29) is 11.8 Å². The maximum Gasteiger partial charge on any atom is 0.322 e. The van der Waals surface area contributed by atoms with Crippen LogP contribution in [0.25, 0.3) is 0 Å². The fourth-order valence-corrected chi connectivity index (χ4v) is 1.67. The Hall–Kier alpha value is -2.10. The van der Waals surface area contributed by atoms with Crippen LogP contribution in [0.1, 0.15) is 31.1 Å². The molecule has 0 saturated carbocycles. The summed E-state index contributed by atoms with van der Waals surface area (Å²) in [6.45, 7) is 10.2. The van der Waals surface area contributed by atoms with Gasteiger partial charge in [0.05, 0.1) is 0 Å². The van der Waals surface area contributed by atoms with Gasteiger partial charge in [-0.1, -0.05) is 24.3 Å². The van der Waals surface area contributed by atoms with Gasteiger partial charge < -0.3 is 10.2 Å². The first-order valence-electron chi connectivity index (χ1n) is 6.25. The molecule has 0 bridgehead atoms. The van der Waals surface area contributed by atoms with E-state index in [1.165, 1.54) is 6.92 Å². The van der Waals surface area contributed by atoms with Crippen molar-refractivity contribution in [1.29, 1.82) is 0 Å². The fraction of sp³-hybridized carbons (Fsp3) is 0.333. The van der Waals surface area contributed by atoms with Gasteiger partial charge in [0.15, 0.2) is 5.78 Å². The van der Waals surface area contributed by atoms with Crippen LogP contribution in [-0.2, 0) is 0 Å². The van der Waals surface area contributed by atoms with Gasteiger partial charge in [0, 0.05) is 24.3 Å². The van der Waals surface area contributed by atoms with E-state index in [0.29, 0.717) is 24.3 Å². The third-order valence-electron chi connectivity index (χ3n) is 2.65. The molecule has 102 valence electrons. The Balaban J connectivity index is 2.78. The zero-order valence-electron chi connectivity index (χ0n) is 11.7. The standard InChI is InChI=1S/C15H20N2O2/c1-5-17(10-11(2)3)15(19)16-14-8-6-7-13(9-14)12(4)18/h6-9H,2,5,10H2,1,3-4H3,(H,16,19). The molecule has 0 unspecified atom stereocenters. The minimum absolute atomic E-state index is 0.0228. The van der Waals surface area contributed by atoms with Crippen molar-refractivity contribution in [2.45, 2.75) is 20.8 Å². The van der Waals surface area contributed by atoms with Crippen LogP contribution in [0, 0.1) is 0 Å². The second-order valence-electron chi connectivity index (χ2n) is 4.54. The number of amides is 2. The van der Waals surface area contributed by atoms with Crippen LogP contribution in [0.2, 0.25) is 0 Å². The zero-order valence-corrected chi connectivity index (χ0v) is 11.7. The van der Waals surface area contributed by atoms with Crippen LogP contribution in [0.4, 0.5) is 10.5 Å². The molecule has 1 rings (SSSR count). The molecule has 0 spiro atoms. The quantitative estimate of drug-likeness (QED) is 0.652. The number of benzene rings is 1. The van der Waals surface area contributed by atoms with Crippen molar-refractivity contribution >= 4 is 17.5 Å². The third-order valence-corrected chi connectivity index (χ3v) is 2.65. The highest BCUT2D eigenvalue weighted by atomic mass is 16.2. The number of nitrogens with zero attached hydrogens (tertiary/aromatic N) is 1. The average Bonchev–Trinajstić information content (AvgIpc) is 2.35. The Morgan fingerprint density at radius 3 is 2.53 bits per heavy atom. The van der Waals surface area contributed by atoms with E-state index in [9.17, 15) is 9.59 Å². The van der Waals surface area contributed by atoms with Crippen LogP contribution in [0.5, 0.6) is 0 Å². The molecule has 4 heteroatoms. The monoisotopic (exact) mass is 260 g/mol. The Labute approximate surface area is 114 Å². The number of hydrogen-bond acceptors (Lipinski definition) is 2. The largest absolute Gasteiger partial charge is 0.322 e. The lowest BCUT2D eigenvalue weighted by atomic mass is 10.1. The van der Waals surface area contributed by atoms with Crippen LogP contribution < -0.4 is 5.32 Å². The number of rotatable bonds is 5. The molecule has 0 atom stereocenters. The Morgan fingerprint density at radius 2 is 2.00 bits per heavy atom. The molecule has 0 fully saturated rings. The Morgan fingerprint density at radius 1 is 1.32 bits per heavy atom. The second kappa shape index (κ2) is 6.73. The summed E-state index contributed by atoms with van der Waals surface area (Å²) in [5.74, 6) is -0.0228. The van der Waals surface area contributed by atoms with E-state index < -0.39 is 0 Å². The van der Waals surface area contributed by atoms with Gasteiger partial charge in [0.25, 0.3) is 0 Å². The first-order valence-corrected chi connectivity index (χ1v) is 6.25. The predicted molar refractivity (Wildman–Crippen MR) is 77.5 cm³/mol. The molecule has 0 aromatic heterocycles. The highest BCUT2D eigenvalue weighted by Gasteiger charge is 2.12. The van der Waals surface area contributed by atoms with E-state index in [1.54, 1.807) is 29.2 Å². The molecule has 0 aliphatic rings. The minimum atomic E-state index is -0.189. The number of likely N-dealkylation sites (N-methyl/N-ethyl adjacent to an activating group) is 1. The molecule has 0 saturated heterocycles. The summed E-state index contributed by atoms with van der Waals surface area (Å²) in [6, 6.07) is 6.73. The van der Waals surface area contributed by atoms with Crippen molar-refractivity contribution in [1.82, 2.24) is 4.90 Å². The van der Waals surface area contributed by atoms with Gasteiger partial charge in [-0.15, -0.1) is 0 Å². The molecule has 0 radical (unpaired) electrons. The fourth-order valence-electron chi connectivity index (χ4n) is 1.67. The number of anilines is 1. The summed E-state index contributed by atoms with van der Waals surface area (Å²) in [5.41, 5.74) is 2.13. The van der Waals surface area contributed by atoms with Crippen molar-refractivity contribution in [2.24, 2.45) is 0 Å². The molecular weight excluding hydrogens is 240 g/mol. The van der Waals surface area contributed by atoms with Gasteiger partial charge in [0.2, 0.25) is 0 Å². The van der Waals surface area contributed by atoms with E-state index in [4.69, 9.17) is 0 Å². The topological polar surface area (TPSA) is 49.4 Å². The SMILES string of the molecule is C=C(C)CN(CC)C(=O)Nc1cccc(C(C)=O)c1. The smallest absolute Gasteiger partial charge is 0.321 e. The Kier molecular flexibility index (Phi) is 5.30. The second-order valence-corrected chi connectivity index (χ2v) is 4.54. The number of hydrogen-bond donors (Lipinski definition) is 1. The number of ketones is 1. The van der Waals surface area contributed by atoms with E-state index >= 15 is 0 Å². The molecule has 0 aliphatic carbocycles. The van der Waals surface area contributed by atoms with Gasteiger partial charge in [-0.05, 0) is 32.9 Å². The maximum absolute atomic E-state index is 12.0. The summed E-state index contributed by atoms with van der Waals surface area (Å²) in [6.07, 6.45) is 0. The first-order chi connectivity index (χ1) is 8.93. The van der Waals surface area contributed by atoms with Crippen molar-refractivity contribution < 1.29 is 9.59 Å². The van der Waals surface area contributed by atoms with Crippen molar-refractivity contribution in [2.75, 3.05) is 18.4 Å². The molecule has 1 N–H and O–H groups in total. The van der Waals surface area contributed by atoms with E-state index in [1.807, 2.05) is 13.8 Å². The summed E-state index contributed by atoms with van der Waals surface area (Å²) >= 11 is 0. The molecule has 19 heavy (non-hydrogen) atoms. The molecular formula is C15H20N2O2. The van der Waals surface area contributed by atoms with Crippen LogP contribution in [-0.4, -0.2) is 29.8 Å².